The number of aliphatic hydroxyl groups is 1. The summed E-state index contributed by atoms with van der Waals surface area (Å²) >= 11 is 0. The molecule has 2 fully saturated rings. The number of hydrogen-bond donors (Lipinski definition) is 2. The topological polar surface area (TPSA) is 96.3 Å². The molecule has 4 rings (SSSR count). The van der Waals surface area contributed by atoms with Crippen molar-refractivity contribution in [2.45, 2.75) is 44.3 Å². The molecule has 164 valence electrons. The van der Waals surface area contributed by atoms with E-state index < -0.39 is 12.1 Å². The van der Waals surface area contributed by atoms with Crippen LogP contribution < -0.4 is 14.4 Å². The maximum absolute atomic E-state index is 12.5. The summed E-state index contributed by atoms with van der Waals surface area (Å²) < 4.78 is 11.7. The van der Waals surface area contributed by atoms with Crippen LogP contribution >= 0.6 is 0 Å². The predicted molar refractivity (Wildman–Crippen MR) is 115 cm³/mol. The minimum absolute atomic E-state index is 0.0474. The van der Waals surface area contributed by atoms with Crippen molar-refractivity contribution in [1.82, 2.24) is 0 Å². The van der Waals surface area contributed by atoms with E-state index in [-0.39, 0.29) is 23.5 Å². The Labute approximate surface area is 181 Å². The lowest BCUT2D eigenvalue weighted by Gasteiger charge is -2.28. The zero-order valence-electron chi connectivity index (χ0n) is 17.3. The Balaban J connectivity index is 1.31. The number of carboxylic acid groups (broad SMARTS) is 1. The van der Waals surface area contributed by atoms with Crippen LogP contribution in [0.15, 0.2) is 48.5 Å². The van der Waals surface area contributed by atoms with Crippen molar-refractivity contribution >= 4 is 17.6 Å². The van der Waals surface area contributed by atoms with Crippen molar-refractivity contribution in [2.75, 3.05) is 18.1 Å². The summed E-state index contributed by atoms with van der Waals surface area (Å²) in [5, 5.41) is 19.0. The number of aromatic carboxylic acids is 1. The Kier molecular flexibility index (Phi) is 6.42. The van der Waals surface area contributed by atoms with Gasteiger partial charge in [0.1, 0.15) is 17.6 Å². The van der Waals surface area contributed by atoms with Gasteiger partial charge in [0.2, 0.25) is 5.91 Å². The Morgan fingerprint density at radius 2 is 1.68 bits per heavy atom. The van der Waals surface area contributed by atoms with E-state index in [1.54, 1.807) is 17.0 Å². The molecule has 1 saturated heterocycles. The Bertz CT molecular complexity index is 911. The molecular formula is C24H27NO6. The summed E-state index contributed by atoms with van der Waals surface area (Å²) in [5.41, 5.74) is 1.02. The monoisotopic (exact) mass is 425 g/mol. The van der Waals surface area contributed by atoms with Crippen molar-refractivity contribution < 1.29 is 29.3 Å². The average molecular weight is 425 g/mol. The molecule has 1 heterocycles. The fraction of sp³-hybridized carbons (Fsp3) is 0.417. The number of ether oxygens (including phenoxy) is 2. The number of aliphatic hydroxyl groups excluding tert-OH is 1. The van der Waals surface area contributed by atoms with Gasteiger partial charge in [-0.05, 0) is 67.8 Å². The fourth-order valence-corrected chi connectivity index (χ4v) is 4.14. The molecule has 2 aromatic rings. The van der Waals surface area contributed by atoms with Gasteiger partial charge in [-0.2, -0.15) is 0 Å². The zero-order valence-corrected chi connectivity index (χ0v) is 17.3. The van der Waals surface area contributed by atoms with Gasteiger partial charge in [0.05, 0.1) is 18.3 Å². The molecule has 31 heavy (non-hydrogen) atoms. The molecule has 1 saturated carbocycles. The molecule has 2 aromatic carbocycles. The van der Waals surface area contributed by atoms with Crippen LogP contribution in [0.2, 0.25) is 0 Å². The van der Waals surface area contributed by atoms with Crippen LogP contribution in [0.5, 0.6) is 11.5 Å². The molecule has 7 nitrogen and oxygen atoms in total. The van der Waals surface area contributed by atoms with E-state index in [2.05, 4.69) is 0 Å². The number of anilines is 1. The largest absolute Gasteiger partial charge is 0.493 e. The molecule has 0 radical (unpaired) electrons. The molecule has 1 aliphatic carbocycles. The normalized spacial score (nSPS) is 23.6. The van der Waals surface area contributed by atoms with Gasteiger partial charge >= 0.3 is 5.97 Å². The third kappa shape index (κ3) is 5.17. The first-order chi connectivity index (χ1) is 15.0. The lowest BCUT2D eigenvalue weighted by molar-refractivity contribution is -0.117. The third-order valence-corrected chi connectivity index (χ3v) is 5.90. The quantitative estimate of drug-likeness (QED) is 0.705. The van der Waals surface area contributed by atoms with E-state index in [9.17, 15) is 14.7 Å². The zero-order chi connectivity index (χ0) is 21.8. The standard InChI is InChI=1S/C24H27NO6/c26-21-3-1-2-4-22(21)31-20-11-7-18(8-12-20)25-14-16(13-23(25)27)15-30-19-9-5-17(6-10-19)24(28)29/h5-12,16,21-22,26H,1-4,13-15H2,(H,28,29). The molecular weight excluding hydrogens is 398 g/mol. The molecule has 3 atom stereocenters. The minimum Gasteiger partial charge on any atom is -0.493 e. The van der Waals surface area contributed by atoms with E-state index in [1.165, 1.54) is 12.1 Å². The summed E-state index contributed by atoms with van der Waals surface area (Å²) in [6.45, 7) is 0.947. The van der Waals surface area contributed by atoms with E-state index >= 15 is 0 Å². The number of amides is 1. The SMILES string of the molecule is O=C(O)c1ccc(OCC2CC(=O)N(c3ccc(OC4CCCCC4O)cc3)C2)cc1. The molecule has 1 aliphatic heterocycles. The number of rotatable bonds is 7. The smallest absolute Gasteiger partial charge is 0.335 e. The van der Waals surface area contributed by atoms with Crippen molar-refractivity contribution in [1.29, 1.82) is 0 Å². The number of carbonyl (C=O) groups excluding carboxylic acids is 1. The Morgan fingerprint density at radius 1 is 1.00 bits per heavy atom. The first-order valence-corrected chi connectivity index (χ1v) is 10.7. The van der Waals surface area contributed by atoms with Crippen molar-refractivity contribution in [3.63, 3.8) is 0 Å². The number of benzene rings is 2. The van der Waals surface area contributed by atoms with Crippen LogP contribution in [0.25, 0.3) is 0 Å². The van der Waals surface area contributed by atoms with Gasteiger partial charge in [-0.3, -0.25) is 4.79 Å². The highest BCUT2D eigenvalue weighted by Crippen LogP contribution is 2.29. The number of carboxylic acids is 1. The molecule has 2 N–H and O–H groups in total. The molecule has 2 aliphatic rings. The van der Waals surface area contributed by atoms with Gasteiger partial charge < -0.3 is 24.6 Å². The molecule has 0 bridgehead atoms. The third-order valence-electron chi connectivity index (χ3n) is 5.90. The number of carbonyl (C=O) groups is 2. The highest BCUT2D eigenvalue weighted by atomic mass is 16.5. The van der Waals surface area contributed by atoms with Crippen molar-refractivity contribution in [2.24, 2.45) is 5.92 Å². The van der Waals surface area contributed by atoms with Crippen LogP contribution in [0.1, 0.15) is 42.5 Å². The lowest BCUT2D eigenvalue weighted by Crippen LogP contribution is -2.34. The second-order valence-electron chi connectivity index (χ2n) is 8.22. The van der Waals surface area contributed by atoms with Gasteiger partial charge in [-0.25, -0.2) is 4.79 Å². The van der Waals surface area contributed by atoms with Gasteiger partial charge in [0, 0.05) is 24.6 Å². The average Bonchev–Trinajstić information content (AvgIpc) is 3.15. The predicted octanol–water partition coefficient (Wildman–Crippen LogP) is 3.50. The van der Waals surface area contributed by atoms with Crippen LogP contribution in [-0.4, -0.2) is 47.4 Å². The van der Waals surface area contributed by atoms with Crippen LogP contribution in [0.3, 0.4) is 0 Å². The number of hydrogen-bond acceptors (Lipinski definition) is 5. The van der Waals surface area contributed by atoms with Gasteiger partial charge in [0.15, 0.2) is 0 Å². The van der Waals surface area contributed by atoms with E-state index in [0.29, 0.717) is 31.1 Å². The van der Waals surface area contributed by atoms with E-state index in [0.717, 1.165) is 31.4 Å². The van der Waals surface area contributed by atoms with Crippen LogP contribution in [0, 0.1) is 5.92 Å². The maximum Gasteiger partial charge on any atom is 0.335 e. The molecule has 7 heteroatoms. The summed E-state index contributed by atoms with van der Waals surface area (Å²) in [5.74, 6) is 0.411. The van der Waals surface area contributed by atoms with Gasteiger partial charge in [-0.15, -0.1) is 0 Å². The second-order valence-corrected chi connectivity index (χ2v) is 8.22. The molecule has 0 spiro atoms. The van der Waals surface area contributed by atoms with E-state index in [1.807, 2.05) is 24.3 Å². The van der Waals surface area contributed by atoms with E-state index in [4.69, 9.17) is 14.6 Å². The van der Waals surface area contributed by atoms with Gasteiger partial charge in [-0.1, -0.05) is 6.42 Å². The van der Waals surface area contributed by atoms with Crippen molar-refractivity contribution in [3.8, 4) is 11.5 Å². The Hall–Kier alpha value is -3.06. The summed E-state index contributed by atoms with van der Waals surface area (Å²) in [7, 11) is 0. The first-order valence-electron chi connectivity index (χ1n) is 10.7. The second kappa shape index (κ2) is 9.39. The first kappa shape index (κ1) is 21.2. The summed E-state index contributed by atoms with van der Waals surface area (Å²) in [6.07, 6.45) is 3.55. The van der Waals surface area contributed by atoms with Crippen molar-refractivity contribution in [3.05, 3.63) is 54.1 Å². The Morgan fingerprint density at radius 3 is 2.35 bits per heavy atom. The van der Waals surface area contributed by atoms with Crippen LogP contribution in [-0.2, 0) is 4.79 Å². The summed E-state index contributed by atoms with van der Waals surface area (Å²) in [4.78, 5) is 25.2. The minimum atomic E-state index is -0.977. The van der Waals surface area contributed by atoms with Crippen LogP contribution in [0.4, 0.5) is 5.69 Å². The van der Waals surface area contributed by atoms with Gasteiger partial charge in [0.25, 0.3) is 0 Å². The molecule has 1 amide bonds. The molecule has 0 aromatic heterocycles. The maximum atomic E-state index is 12.5. The fourth-order valence-electron chi connectivity index (χ4n) is 4.14. The number of nitrogens with zero attached hydrogens (tertiary/aromatic N) is 1. The molecule has 3 unspecified atom stereocenters. The highest BCUT2D eigenvalue weighted by Gasteiger charge is 2.31. The highest BCUT2D eigenvalue weighted by molar-refractivity contribution is 5.95. The lowest BCUT2D eigenvalue weighted by atomic mass is 9.95. The summed E-state index contributed by atoms with van der Waals surface area (Å²) in [6, 6.07) is 13.7.